The molecule has 0 saturated carbocycles. The van der Waals surface area contributed by atoms with Gasteiger partial charge in [0.15, 0.2) is 0 Å². The molecule has 0 fully saturated rings. The summed E-state index contributed by atoms with van der Waals surface area (Å²) in [6.45, 7) is 1.49. The van der Waals surface area contributed by atoms with Crippen molar-refractivity contribution in [3.05, 3.63) is 54.6 Å². The van der Waals surface area contributed by atoms with Crippen molar-refractivity contribution in [2.75, 3.05) is 33.0 Å². The van der Waals surface area contributed by atoms with Crippen molar-refractivity contribution in [2.24, 2.45) is 0 Å². The summed E-state index contributed by atoms with van der Waals surface area (Å²) in [5, 5.41) is 23.4. The molecular weight excluding hydrogens is 386 g/mol. The fourth-order valence-electron chi connectivity index (χ4n) is 2.76. The third-order valence-corrected chi connectivity index (χ3v) is 3.77. The summed E-state index contributed by atoms with van der Waals surface area (Å²) in [7, 11) is 5.87. The van der Waals surface area contributed by atoms with E-state index in [0.29, 0.717) is 16.7 Å². The van der Waals surface area contributed by atoms with Crippen LogP contribution in [-0.4, -0.2) is 61.3 Å². The highest BCUT2D eigenvalue weighted by Gasteiger charge is 2.22. The van der Waals surface area contributed by atoms with Crippen molar-refractivity contribution < 1.29 is 29.1 Å². The molecule has 0 aliphatic rings. The number of rotatable bonds is 7. The Bertz CT molecular complexity index is 826. The maximum Gasteiger partial charge on any atom is 0.319 e. The molecule has 0 heterocycles. The molecule has 8 nitrogen and oxygen atoms in total. The molecule has 8 heteroatoms. The van der Waals surface area contributed by atoms with Crippen LogP contribution >= 0.6 is 0 Å². The average Bonchev–Trinajstić information content (AvgIpc) is 2.60. The molecule has 3 N–H and O–H groups in total. The molecule has 2 aromatic carbocycles. The van der Waals surface area contributed by atoms with E-state index in [0.717, 1.165) is 18.1 Å². The van der Waals surface area contributed by atoms with Crippen LogP contribution in [0.3, 0.4) is 0 Å². The zero-order valence-electron chi connectivity index (χ0n) is 17.7. The Labute approximate surface area is 176 Å². The zero-order chi connectivity index (χ0) is 22.7. The molecule has 30 heavy (non-hydrogen) atoms. The van der Waals surface area contributed by atoms with Gasteiger partial charge in [-0.25, -0.2) is 4.79 Å². The molecule has 0 unspecified atom stereocenters. The number of likely N-dealkylation sites (N-methyl/N-ethyl adjacent to an activating group) is 1. The average molecular weight is 415 g/mol. The van der Waals surface area contributed by atoms with Crippen LogP contribution in [0.4, 0.5) is 10.5 Å². The first kappa shape index (κ1) is 24.6. The van der Waals surface area contributed by atoms with Crippen LogP contribution in [0.25, 0.3) is 11.1 Å². The minimum Gasteiger partial charge on any atom is -0.550 e. The first-order chi connectivity index (χ1) is 14.0. The maximum absolute atomic E-state index is 12.2. The number of carbonyl (C=O) groups is 3. The van der Waals surface area contributed by atoms with E-state index in [1.54, 1.807) is 0 Å². The summed E-state index contributed by atoms with van der Waals surface area (Å²) in [6, 6.07) is 16.6. The summed E-state index contributed by atoms with van der Waals surface area (Å²) in [6.07, 6.45) is -0.115. The predicted molar refractivity (Wildman–Crippen MR) is 114 cm³/mol. The molecule has 2 amide bonds. The molecule has 0 aliphatic heterocycles. The van der Waals surface area contributed by atoms with E-state index in [1.807, 2.05) is 75.7 Å². The van der Waals surface area contributed by atoms with Gasteiger partial charge in [0, 0.05) is 11.7 Å². The largest absolute Gasteiger partial charge is 0.550 e. The molecule has 2 aromatic rings. The van der Waals surface area contributed by atoms with Crippen molar-refractivity contribution in [3.63, 3.8) is 0 Å². The van der Waals surface area contributed by atoms with Gasteiger partial charge in [-0.2, -0.15) is 0 Å². The first-order valence-corrected chi connectivity index (χ1v) is 9.39. The molecule has 162 valence electrons. The SMILES string of the molecule is CC(=O)[O-].C[N+](C)(C)C[C@@H](CC(=O)O)NC(=O)Nc1ccc(-c2ccccc2)cc1. The predicted octanol–water partition coefficient (Wildman–Crippen LogP) is 1.78. The minimum atomic E-state index is -1.08. The molecular formula is C22H29N3O5. The number of nitrogens with one attached hydrogen (secondary N) is 2. The maximum atomic E-state index is 12.2. The van der Waals surface area contributed by atoms with Crippen LogP contribution in [0, 0.1) is 0 Å². The van der Waals surface area contributed by atoms with Gasteiger partial charge in [0.25, 0.3) is 0 Å². The number of carbonyl (C=O) groups excluding carboxylic acids is 2. The van der Waals surface area contributed by atoms with Crippen LogP contribution in [0.2, 0.25) is 0 Å². The minimum absolute atomic E-state index is 0.115. The molecule has 0 bridgehead atoms. The Morgan fingerprint density at radius 1 is 0.967 bits per heavy atom. The lowest BCUT2D eigenvalue weighted by Crippen LogP contribution is -2.50. The number of hydrogen-bond donors (Lipinski definition) is 3. The van der Waals surface area contributed by atoms with E-state index in [-0.39, 0.29) is 6.42 Å². The number of anilines is 1. The second kappa shape index (κ2) is 11.6. The van der Waals surface area contributed by atoms with Gasteiger partial charge in [-0.15, -0.1) is 0 Å². The fourth-order valence-corrected chi connectivity index (χ4v) is 2.76. The molecule has 0 aliphatic carbocycles. The Morgan fingerprint density at radius 2 is 1.47 bits per heavy atom. The van der Waals surface area contributed by atoms with Crippen LogP contribution in [-0.2, 0) is 9.59 Å². The van der Waals surface area contributed by atoms with Gasteiger partial charge in [-0.05, 0) is 30.2 Å². The summed E-state index contributed by atoms with van der Waals surface area (Å²) in [4.78, 5) is 32.1. The highest BCUT2D eigenvalue weighted by Crippen LogP contribution is 2.20. The van der Waals surface area contributed by atoms with Crippen molar-refractivity contribution in [1.82, 2.24) is 5.32 Å². The number of amides is 2. The highest BCUT2D eigenvalue weighted by molar-refractivity contribution is 5.90. The Hall–Kier alpha value is -3.39. The quantitative estimate of drug-likeness (QED) is 0.596. The molecule has 0 radical (unpaired) electrons. The Morgan fingerprint density at radius 3 is 1.93 bits per heavy atom. The number of nitrogens with zero attached hydrogens (tertiary/aromatic N) is 1. The number of urea groups is 1. The first-order valence-electron chi connectivity index (χ1n) is 9.39. The Kier molecular flexibility index (Phi) is 9.51. The van der Waals surface area contributed by atoms with Crippen molar-refractivity contribution in [2.45, 2.75) is 19.4 Å². The number of benzene rings is 2. The second-order valence-electron chi connectivity index (χ2n) is 7.80. The van der Waals surface area contributed by atoms with Crippen molar-refractivity contribution in [1.29, 1.82) is 0 Å². The van der Waals surface area contributed by atoms with Crippen molar-refractivity contribution >= 4 is 23.7 Å². The summed E-state index contributed by atoms with van der Waals surface area (Å²) >= 11 is 0. The monoisotopic (exact) mass is 415 g/mol. The van der Waals surface area contributed by atoms with Gasteiger partial charge in [-0.3, -0.25) is 4.79 Å². The third-order valence-electron chi connectivity index (χ3n) is 3.77. The van der Waals surface area contributed by atoms with Crippen LogP contribution < -0.4 is 15.7 Å². The number of carboxylic acids is 2. The summed E-state index contributed by atoms with van der Waals surface area (Å²) in [5.74, 6) is -2.02. The van der Waals surface area contributed by atoms with E-state index in [9.17, 15) is 9.59 Å². The van der Waals surface area contributed by atoms with E-state index < -0.39 is 24.0 Å². The molecule has 0 spiro atoms. The fraction of sp³-hybridized carbons (Fsp3) is 0.318. The topological polar surface area (TPSA) is 119 Å². The number of quaternary nitrogens is 1. The van der Waals surface area contributed by atoms with Crippen molar-refractivity contribution in [3.8, 4) is 11.1 Å². The number of carboxylic acid groups (broad SMARTS) is 2. The van der Waals surface area contributed by atoms with Crippen LogP contribution in [0.5, 0.6) is 0 Å². The lowest BCUT2D eigenvalue weighted by molar-refractivity contribution is -0.871. The zero-order valence-corrected chi connectivity index (χ0v) is 17.7. The summed E-state index contributed by atoms with van der Waals surface area (Å²) < 4.78 is 0.560. The molecule has 1 atom stereocenters. The lowest BCUT2D eigenvalue weighted by atomic mass is 10.1. The molecule has 0 saturated heterocycles. The standard InChI is InChI=1S/C20H25N3O3.C2H4O2/c1-23(2,3)14-18(13-19(24)25)22-20(26)21-17-11-9-16(10-12-17)15-7-5-4-6-8-15;1-2(3)4/h4-12,18H,13-14H2,1-3H3,(H2-,21,22,24,25,26);1H3,(H,3,4)/t18-;/m1./s1. The van der Waals surface area contributed by atoms with E-state index in [1.165, 1.54) is 0 Å². The third kappa shape index (κ3) is 10.8. The lowest BCUT2D eigenvalue weighted by Gasteiger charge is -2.29. The Balaban J connectivity index is 0.00000103. The number of hydrogen-bond acceptors (Lipinski definition) is 4. The second-order valence-corrected chi connectivity index (χ2v) is 7.80. The van der Waals surface area contributed by atoms with E-state index in [2.05, 4.69) is 10.6 Å². The van der Waals surface area contributed by atoms with Gasteiger partial charge >= 0.3 is 12.0 Å². The van der Waals surface area contributed by atoms with Gasteiger partial charge in [0.1, 0.15) is 0 Å². The van der Waals surface area contributed by atoms with E-state index in [4.69, 9.17) is 15.0 Å². The normalized spacial score (nSPS) is 11.5. The van der Waals surface area contributed by atoms with Gasteiger partial charge in [0.2, 0.25) is 0 Å². The van der Waals surface area contributed by atoms with Gasteiger partial charge in [0.05, 0.1) is 40.2 Å². The van der Waals surface area contributed by atoms with Crippen LogP contribution in [0.1, 0.15) is 13.3 Å². The molecule has 0 aromatic heterocycles. The van der Waals surface area contributed by atoms with Crippen LogP contribution in [0.15, 0.2) is 54.6 Å². The van der Waals surface area contributed by atoms with Gasteiger partial charge in [-0.1, -0.05) is 42.5 Å². The highest BCUT2D eigenvalue weighted by atomic mass is 16.4. The van der Waals surface area contributed by atoms with Gasteiger partial charge < -0.3 is 30.1 Å². The summed E-state index contributed by atoms with van der Waals surface area (Å²) in [5.41, 5.74) is 2.82. The smallest absolute Gasteiger partial charge is 0.319 e. The molecule has 2 rings (SSSR count). The van der Waals surface area contributed by atoms with E-state index >= 15 is 0 Å². The number of aliphatic carboxylic acids is 2.